The molecule has 0 unspecified atom stereocenters. The van der Waals surface area contributed by atoms with Crippen LogP contribution in [0.25, 0.3) is 11.3 Å². The number of benzene rings is 1. The van der Waals surface area contributed by atoms with Crippen LogP contribution in [0.4, 0.5) is 0 Å². The van der Waals surface area contributed by atoms with Gasteiger partial charge in [-0.15, -0.1) is 0 Å². The summed E-state index contributed by atoms with van der Waals surface area (Å²) in [6, 6.07) is 12.9. The maximum absolute atomic E-state index is 12.5. The maximum atomic E-state index is 12.5. The van der Waals surface area contributed by atoms with Crippen LogP contribution >= 0.6 is 0 Å². The molecule has 8 heteroatoms. The fourth-order valence-electron chi connectivity index (χ4n) is 2.89. The normalized spacial score (nSPS) is 11.5. The SMILES string of the molecule is CC(C)c1cc(C(=O)NNC(=O)c2cc(-c3ccccc3)n[nH]2)nn1C(C)(C)C. The van der Waals surface area contributed by atoms with Crippen molar-refractivity contribution in [1.29, 1.82) is 0 Å². The second-order valence-electron chi connectivity index (χ2n) is 8.13. The Morgan fingerprint density at radius 3 is 2.28 bits per heavy atom. The molecule has 0 aliphatic rings. The number of hydrazine groups is 1. The minimum atomic E-state index is -0.493. The smallest absolute Gasteiger partial charge is 0.272 e. The van der Waals surface area contributed by atoms with E-state index in [2.05, 4.69) is 26.1 Å². The van der Waals surface area contributed by atoms with E-state index in [4.69, 9.17) is 0 Å². The van der Waals surface area contributed by atoms with E-state index in [-0.39, 0.29) is 22.8 Å². The highest BCUT2D eigenvalue weighted by Crippen LogP contribution is 2.23. The van der Waals surface area contributed by atoms with E-state index >= 15 is 0 Å². The molecular weight excluding hydrogens is 368 g/mol. The van der Waals surface area contributed by atoms with Gasteiger partial charge in [-0.1, -0.05) is 44.2 Å². The number of H-pyrrole nitrogens is 1. The number of carbonyl (C=O) groups is 2. The molecule has 0 saturated carbocycles. The molecule has 0 saturated heterocycles. The first kappa shape index (κ1) is 20.3. The summed E-state index contributed by atoms with van der Waals surface area (Å²) in [6.45, 7) is 10.2. The monoisotopic (exact) mass is 394 g/mol. The van der Waals surface area contributed by atoms with Crippen LogP contribution in [0.5, 0.6) is 0 Å². The molecule has 2 heterocycles. The third kappa shape index (κ3) is 4.53. The van der Waals surface area contributed by atoms with E-state index in [1.54, 1.807) is 12.1 Å². The number of nitrogens with zero attached hydrogens (tertiary/aromatic N) is 3. The summed E-state index contributed by atoms with van der Waals surface area (Å²) < 4.78 is 1.84. The van der Waals surface area contributed by atoms with Crippen molar-refractivity contribution in [2.75, 3.05) is 0 Å². The number of amides is 2. The predicted molar refractivity (Wildman–Crippen MR) is 110 cm³/mol. The van der Waals surface area contributed by atoms with E-state index in [0.717, 1.165) is 11.3 Å². The molecule has 2 amide bonds. The van der Waals surface area contributed by atoms with Crippen molar-refractivity contribution in [2.45, 2.75) is 46.1 Å². The van der Waals surface area contributed by atoms with Crippen LogP contribution in [0.2, 0.25) is 0 Å². The molecule has 3 aromatic rings. The number of aromatic nitrogens is 4. The molecule has 8 nitrogen and oxygen atoms in total. The second-order valence-corrected chi connectivity index (χ2v) is 8.13. The van der Waals surface area contributed by atoms with Crippen molar-refractivity contribution in [3.8, 4) is 11.3 Å². The molecule has 3 N–H and O–H groups in total. The summed E-state index contributed by atoms with van der Waals surface area (Å²) in [4.78, 5) is 24.8. The van der Waals surface area contributed by atoms with Gasteiger partial charge >= 0.3 is 0 Å². The van der Waals surface area contributed by atoms with E-state index in [1.165, 1.54) is 0 Å². The quantitative estimate of drug-likeness (QED) is 0.591. The van der Waals surface area contributed by atoms with Crippen LogP contribution in [0.15, 0.2) is 42.5 Å². The molecule has 0 fully saturated rings. The molecule has 0 aliphatic carbocycles. The standard InChI is InChI=1S/C21H26N6O2/c1-13(2)18-12-17(26-27(18)21(3,4)5)20(29)25-24-19(28)16-11-15(22-23-16)14-9-7-6-8-10-14/h6-13H,1-5H3,(H,22,23)(H,24,28)(H,25,29). The third-order valence-electron chi connectivity index (χ3n) is 4.38. The average molecular weight is 394 g/mol. The van der Waals surface area contributed by atoms with Crippen molar-refractivity contribution in [3.63, 3.8) is 0 Å². The van der Waals surface area contributed by atoms with Crippen molar-refractivity contribution in [2.24, 2.45) is 0 Å². The Morgan fingerprint density at radius 1 is 1.03 bits per heavy atom. The Hall–Kier alpha value is -3.42. The van der Waals surface area contributed by atoms with Crippen LogP contribution in [0.3, 0.4) is 0 Å². The fraction of sp³-hybridized carbons (Fsp3) is 0.333. The summed E-state index contributed by atoms with van der Waals surface area (Å²) in [7, 11) is 0. The van der Waals surface area contributed by atoms with Gasteiger partial charge in [0, 0.05) is 11.3 Å². The molecule has 3 rings (SSSR count). The van der Waals surface area contributed by atoms with E-state index < -0.39 is 11.8 Å². The fourth-order valence-corrected chi connectivity index (χ4v) is 2.89. The molecular formula is C21H26N6O2. The molecule has 0 bridgehead atoms. The van der Waals surface area contributed by atoms with E-state index in [1.807, 2.05) is 69.6 Å². The van der Waals surface area contributed by atoms with Gasteiger partial charge in [0.05, 0.1) is 11.2 Å². The number of hydrogen-bond acceptors (Lipinski definition) is 4. The first-order chi connectivity index (χ1) is 13.7. The van der Waals surface area contributed by atoms with Gasteiger partial charge in [0.15, 0.2) is 5.69 Å². The van der Waals surface area contributed by atoms with Crippen molar-refractivity contribution < 1.29 is 9.59 Å². The summed E-state index contributed by atoms with van der Waals surface area (Å²) in [5.74, 6) is -0.766. The highest BCUT2D eigenvalue weighted by Gasteiger charge is 2.24. The Kier molecular flexibility index (Phi) is 5.54. The molecule has 0 radical (unpaired) electrons. The molecule has 0 atom stereocenters. The molecule has 0 spiro atoms. The zero-order chi connectivity index (χ0) is 21.2. The highest BCUT2D eigenvalue weighted by molar-refractivity contribution is 5.97. The number of carbonyl (C=O) groups excluding carboxylic acids is 2. The van der Waals surface area contributed by atoms with Crippen LogP contribution in [-0.2, 0) is 5.54 Å². The van der Waals surface area contributed by atoms with Crippen LogP contribution in [-0.4, -0.2) is 31.8 Å². The third-order valence-corrected chi connectivity index (χ3v) is 4.38. The topological polar surface area (TPSA) is 105 Å². The van der Waals surface area contributed by atoms with Gasteiger partial charge in [-0.25, -0.2) is 0 Å². The Morgan fingerprint density at radius 2 is 1.69 bits per heavy atom. The summed E-state index contributed by atoms with van der Waals surface area (Å²) in [5, 5.41) is 11.3. The Balaban J connectivity index is 1.68. The minimum absolute atomic E-state index is 0.208. The molecule has 2 aromatic heterocycles. The van der Waals surface area contributed by atoms with Crippen LogP contribution < -0.4 is 10.9 Å². The Labute approximate surface area is 169 Å². The van der Waals surface area contributed by atoms with E-state index in [9.17, 15) is 9.59 Å². The maximum Gasteiger partial charge on any atom is 0.290 e. The van der Waals surface area contributed by atoms with Gasteiger partial charge in [-0.3, -0.25) is 30.2 Å². The summed E-state index contributed by atoms with van der Waals surface area (Å²) >= 11 is 0. The highest BCUT2D eigenvalue weighted by atomic mass is 16.2. The molecule has 0 aliphatic heterocycles. The largest absolute Gasteiger partial charge is 0.290 e. The predicted octanol–water partition coefficient (Wildman–Crippen LogP) is 3.23. The number of aromatic amines is 1. The zero-order valence-corrected chi connectivity index (χ0v) is 17.3. The van der Waals surface area contributed by atoms with Gasteiger partial charge in [0.25, 0.3) is 11.8 Å². The zero-order valence-electron chi connectivity index (χ0n) is 17.3. The van der Waals surface area contributed by atoms with E-state index in [0.29, 0.717) is 5.69 Å². The van der Waals surface area contributed by atoms with Crippen molar-refractivity contribution in [3.05, 3.63) is 59.5 Å². The van der Waals surface area contributed by atoms with Crippen molar-refractivity contribution >= 4 is 11.8 Å². The second kappa shape index (κ2) is 7.90. The number of hydrogen-bond donors (Lipinski definition) is 3. The van der Waals surface area contributed by atoms with Gasteiger partial charge in [-0.2, -0.15) is 10.2 Å². The summed E-state index contributed by atoms with van der Waals surface area (Å²) in [5.41, 5.74) is 7.54. The molecule has 152 valence electrons. The van der Waals surface area contributed by atoms with Crippen molar-refractivity contribution in [1.82, 2.24) is 30.8 Å². The lowest BCUT2D eigenvalue weighted by atomic mass is 10.1. The lowest BCUT2D eigenvalue weighted by Gasteiger charge is -2.23. The molecule has 1 aromatic carbocycles. The first-order valence-electron chi connectivity index (χ1n) is 9.49. The van der Waals surface area contributed by atoms with Crippen LogP contribution in [0.1, 0.15) is 67.2 Å². The van der Waals surface area contributed by atoms with Gasteiger partial charge < -0.3 is 0 Å². The van der Waals surface area contributed by atoms with Gasteiger partial charge in [0.1, 0.15) is 5.69 Å². The average Bonchev–Trinajstić information content (AvgIpc) is 3.34. The first-order valence-corrected chi connectivity index (χ1v) is 9.49. The lowest BCUT2D eigenvalue weighted by molar-refractivity contribution is 0.0840. The lowest BCUT2D eigenvalue weighted by Crippen LogP contribution is -2.42. The van der Waals surface area contributed by atoms with Crippen LogP contribution in [0, 0.1) is 0 Å². The number of rotatable bonds is 4. The van der Waals surface area contributed by atoms with Gasteiger partial charge in [-0.05, 0) is 38.8 Å². The Bertz CT molecular complexity index is 1010. The van der Waals surface area contributed by atoms with Gasteiger partial charge in [0.2, 0.25) is 0 Å². The molecule has 29 heavy (non-hydrogen) atoms. The summed E-state index contributed by atoms with van der Waals surface area (Å²) in [6.07, 6.45) is 0. The minimum Gasteiger partial charge on any atom is -0.272 e. The number of nitrogens with one attached hydrogen (secondary N) is 3.